The molecule has 0 aliphatic rings. The van der Waals surface area contributed by atoms with Crippen molar-refractivity contribution in [3.8, 4) is 11.5 Å². The molecule has 0 unspecified atom stereocenters. The lowest BCUT2D eigenvalue weighted by molar-refractivity contribution is 0.356. The Morgan fingerprint density at radius 1 is 1.09 bits per heavy atom. The molecule has 3 aromatic rings. The lowest BCUT2D eigenvalue weighted by Crippen LogP contribution is -2.05. The number of hydrogen-bond donors (Lipinski definition) is 2. The van der Waals surface area contributed by atoms with Gasteiger partial charge in [-0.15, -0.1) is 0 Å². The van der Waals surface area contributed by atoms with Crippen LogP contribution in [0.5, 0.6) is 11.5 Å². The molecule has 0 atom stereocenters. The smallest absolute Gasteiger partial charge is 0.201 e. The Morgan fingerprint density at radius 3 is 2.48 bits per heavy atom. The summed E-state index contributed by atoms with van der Waals surface area (Å²) in [5.74, 6) is 1.75. The zero-order valence-electron chi connectivity index (χ0n) is 13.0. The van der Waals surface area contributed by atoms with Gasteiger partial charge in [0.25, 0.3) is 0 Å². The van der Waals surface area contributed by atoms with Crippen molar-refractivity contribution < 1.29 is 13.9 Å². The van der Waals surface area contributed by atoms with Gasteiger partial charge in [-0.3, -0.25) is 0 Å². The van der Waals surface area contributed by atoms with Crippen LogP contribution in [0.3, 0.4) is 0 Å². The van der Waals surface area contributed by atoms with Crippen molar-refractivity contribution in [2.45, 2.75) is 6.42 Å². The normalized spacial score (nSPS) is 10.7. The molecule has 0 saturated heterocycles. The molecule has 0 spiro atoms. The van der Waals surface area contributed by atoms with Crippen LogP contribution in [-0.4, -0.2) is 30.7 Å². The van der Waals surface area contributed by atoms with E-state index >= 15 is 0 Å². The summed E-state index contributed by atoms with van der Waals surface area (Å²) in [6.45, 7) is 0.694. The van der Waals surface area contributed by atoms with Crippen LogP contribution >= 0.6 is 0 Å². The quantitative estimate of drug-likeness (QED) is 0.732. The molecule has 0 saturated carbocycles. The molecule has 0 radical (unpaired) electrons. The van der Waals surface area contributed by atoms with E-state index in [0.717, 1.165) is 23.0 Å². The number of methoxy groups -OCH3 is 2. The van der Waals surface area contributed by atoms with Gasteiger partial charge in [-0.2, -0.15) is 0 Å². The van der Waals surface area contributed by atoms with Gasteiger partial charge in [-0.25, -0.2) is 9.37 Å². The van der Waals surface area contributed by atoms with Crippen LogP contribution in [0.15, 0.2) is 36.4 Å². The number of anilines is 1. The Balaban J connectivity index is 1.69. The molecule has 0 amide bonds. The molecule has 0 aliphatic carbocycles. The van der Waals surface area contributed by atoms with Crippen molar-refractivity contribution in [1.29, 1.82) is 0 Å². The lowest BCUT2D eigenvalue weighted by Gasteiger charge is -2.06. The molecule has 1 aromatic heterocycles. The van der Waals surface area contributed by atoms with Crippen molar-refractivity contribution in [3.05, 3.63) is 47.8 Å². The van der Waals surface area contributed by atoms with Gasteiger partial charge < -0.3 is 19.8 Å². The van der Waals surface area contributed by atoms with E-state index in [4.69, 9.17) is 9.47 Å². The Morgan fingerprint density at radius 2 is 1.78 bits per heavy atom. The average molecular weight is 315 g/mol. The van der Waals surface area contributed by atoms with Crippen molar-refractivity contribution in [2.75, 3.05) is 26.1 Å². The van der Waals surface area contributed by atoms with Gasteiger partial charge in [0.2, 0.25) is 5.95 Å². The Bertz CT molecular complexity index is 758. The van der Waals surface area contributed by atoms with Gasteiger partial charge in [0, 0.05) is 18.7 Å². The summed E-state index contributed by atoms with van der Waals surface area (Å²) in [6.07, 6.45) is 0.782. The summed E-state index contributed by atoms with van der Waals surface area (Å²) < 4.78 is 23.4. The monoisotopic (exact) mass is 315 g/mol. The highest BCUT2D eigenvalue weighted by atomic mass is 19.1. The van der Waals surface area contributed by atoms with Crippen LogP contribution < -0.4 is 14.8 Å². The maximum Gasteiger partial charge on any atom is 0.201 e. The van der Waals surface area contributed by atoms with Gasteiger partial charge in [-0.1, -0.05) is 12.1 Å². The van der Waals surface area contributed by atoms with Gasteiger partial charge >= 0.3 is 0 Å². The van der Waals surface area contributed by atoms with Crippen molar-refractivity contribution in [1.82, 2.24) is 9.97 Å². The van der Waals surface area contributed by atoms with Crippen molar-refractivity contribution in [2.24, 2.45) is 0 Å². The van der Waals surface area contributed by atoms with E-state index in [1.54, 1.807) is 26.4 Å². The highest BCUT2D eigenvalue weighted by molar-refractivity contribution is 5.81. The number of benzene rings is 2. The number of nitrogens with zero attached hydrogens (tertiary/aromatic N) is 1. The number of aromatic amines is 1. The fourth-order valence-electron chi connectivity index (χ4n) is 2.40. The first-order chi connectivity index (χ1) is 11.2. The summed E-state index contributed by atoms with van der Waals surface area (Å²) in [5, 5.41) is 3.23. The van der Waals surface area contributed by atoms with E-state index in [9.17, 15) is 4.39 Å². The first-order valence-electron chi connectivity index (χ1n) is 7.29. The molecule has 2 N–H and O–H groups in total. The van der Waals surface area contributed by atoms with Crippen LogP contribution in [0.25, 0.3) is 11.0 Å². The summed E-state index contributed by atoms with van der Waals surface area (Å²) in [7, 11) is 3.19. The fraction of sp³-hybridized carbons (Fsp3) is 0.235. The first kappa shape index (κ1) is 15.1. The first-order valence-corrected chi connectivity index (χ1v) is 7.29. The molecule has 6 heteroatoms. The number of halogens is 1. The summed E-state index contributed by atoms with van der Waals surface area (Å²) in [4.78, 5) is 7.68. The zero-order valence-corrected chi connectivity index (χ0v) is 13.0. The van der Waals surface area contributed by atoms with E-state index in [1.807, 2.05) is 12.1 Å². The zero-order chi connectivity index (χ0) is 16.2. The van der Waals surface area contributed by atoms with Crippen LogP contribution in [0.4, 0.5) is 10.3 Å². The summed E-state index contributed by atoms with van der Waals surface area (Å²) in [5.41, 5.74) is 2.73. The largest absolute Gasteiger partial charge is 0.493 e. The third-order valence-corrected chi connectivity index (χ3v) is 3.61. The number of ether oxygens (including phenoxy) is 2. The van der Waals surface area contributed by atoms with Crippen LogP contribution in [-0.2, 0) is 6.42 Å². The minimum atomic E-state index is -0.220. The van der Waals surface area contributed by atoms with Gasteiger partial charge in [0.15, 0.2) is 11.5 Å². The van der Waals surface area contributed by atoms with Crippen LogP contribution in [0, 0.1) is 5.82 Å². The van der Waals surface area contributed by atoms with Crippen molar-refractivity contribution >= 4 is 17.0 Å². The fourth-order valence-corrected chi connectivity index (χ4v) is 2.40. The van der Waals surface area contributed by atoms with E-state index in [1.165, 1.54) is 12.1 Å². The summed E-state index contributed by atoms with van der Waals surface area (Å²) >= 11 is 0. The highest BCUT2D eigenvalue weighted by Crippen LogP contribution is 2.31. The van der Waals surface area contributed by atoms with Crippen LogP contribution in [0.1, 0.15) is 5.56 Å². The summed E-state index contributed by atoms with van der Waals surface area (Å²) in [6, 6.07) is 10.2. The molecule has 120 valence electrons. The third-order valence-electron chi connectivity index (χ3n) is 3.61. The SMILES string of the molecule is COc1cc2nc(NCCc3ccc(F)cc3)[nH]c2cc1OC. The van der Waals surface area contributed by atoms with E-state index in [-0.39, 0.29) is 5.82 Å². The van der Waals surface area contributed by atoms with Gasteiger partial charge in [0.1, 0.15) is 5.82 Å². The highest BCUT2D eigenvalue weighted by Gasteiger charge is 2.09. The minimum Gasteiger partial charge on any atom is -0.493 e. The molecule has 3 rings (SSSR count). The number of rotatable bonds is 6. The number of aromatic nitrogens is 2. The predicted octanol–water partition coefficient (Wildman–Crippen LogP) is 3.37. The number of nitrogens with one attached hydrogen (secondary N) is 2. The third kappa shape index (κ3) is 3.36. The molecule has 1 heterocycles. The second-order valence-electron chi connectivity index (χ2n) is 5.11. The molecule has 0 fully saturated rings. The van der Waals surface area contributed by atoms with Crippen LogP contribution in [0.2, 0.25) is 0 Å². The number of hydrogen-bond acceptors (Lipinski definition) is 4. The number of fused-ring (bicyclic) bond motifs is 1. The average Bonchev–Trinajstić information content (AvgIpc) is 2.96. The molecule has 0 bridgehead atoms. The second-order valence-corrected chi connectivity index (χ2v) is 5.11. The topological polar surface area (TPSA) is 59.2 Å². The Kier molecular flexibility index (Phi) is 4.32. The molecular weight excluding hydrogens is 297 g/mol. The van der Waals surface area contributed by atoms with Gasteiger partial charge in [-0.05, 0) is 24.1 Å². The standard InChI is InChI=1S/C17H18FN3O2/c1-22-15-9-13-14(10-16(15)23-2)21-17(20-13)19-8-7-11-3-5-12(18)6-4-11/h3-6,9-10H,7-8H2,1-2H3,(H2,19,20,21). The van der Waals surface area contributed by atoms with E-state index in [0.29, 0.717) is 24.0 Å². The Labute approximate surface area is 133 Å². The molecule has 0 aliphatic heterocycles. The molecular formula is C17H18FN3O2. The van der Waals surface area contributed by atoms with Crippen molar-refractivity contribution in [3.63, 3.8) is 0 Å². The second kappa shape index (κ2) is 6.56. The van der Waals surface area contributed by atoms with E-state index in [2.05, 4.69) is 15.3 Å². The van der Waals surface area contributed by atoms with E-state index < -0.39 is 0 Å². The minimum absolute atomic E-state index is 0.220. The molecule has 5 nitrogen and oxygen atoms in total. The molecule has 2 aromatic carbocycles. The maximum atomic E-state index is 12.9. The van der Waals surface area contributed by atoms with Gasteiger partial charge in [0.05, 0.1) is 25.3 Å². The predicted molar refractivity (Wildman–Crippen MR) is 87.8 cm³/mol. The maximum absolute atomic E-state index is 12.9. The molecule has 23 heavy (non-hydrogen) atoms. The number of H-pyrrole nitrogens is 1. The lowest BCUT2D eigenvalue weighted by atomic mass is 10.1. The Hall–Kier alpha value is -2.76. The number of imidazole rings is 1.